The van der Waals surface area contributed by atoms with Gasteiger partial charge in [0.1, 0.15) is 12.4 Å². The van der Waals surface area contributed by atoms with Crippen LogP contribution in [0.2, 0.25) is 0 Å². The molecule has 0 aliphatic rings. The summed E-state index contributed by atoms with van der Waals surface area (Å²) < 4.78 is 9.90. The van der Waals surface area contributed by atoms with Crippen molar-refractivity contribution in [2.45, 2.75) is 41.0 Å². The molecule has 98 valence electrons. The number of carbonyl (C=O) groups excluding carboxylic acids is 1. The fraction of sp³-hybridized carbons (Fsp3) is 0.500. The molecule has 0 fully saturated rings. The van der Waals surface area contributed by atoms with Crippen LogP contribution in [0.3, 0.4) is 0 Å². The molecule has 3 heteroatoms. The van der Waals surface area contributed by atoms with Crippen molar-refractivity contribution in [2.24, 2.45) is 0 Å². The molecule has 0 saturated carbocycles. The number of hydrogen-bond donors (Lipinski definition) is 0. The molecule has 0 unspecified atom stereocenters. The van der Waals surface area contributed by atoms with E-state index in [1.165, 1.54) is 5.57 Å². The summed E-state index contributed by atoms with van der Waals surface area (Å²) in [6.07, 6.45) is 4.70. The van der Waals surface area contributed by atoms with Crippen molar-refractivity contribution in [1.82, 2.24) is 0 Å². The zero-order chi connectivity index (χ0) is 13.7. The standard InChI is InChI=1S/C12H18O3.C2H6/c1-5-11(4)6-7-12(8-14-9-13)15-10(2)3;1-2/h6-7,9H,2,5,8H2,1,3-4H3;1-2H3/b11-6-,12-7+;. The second-order valence-corrected chi connectivity index (χ2v) is 3.21. The lowest BCUT2D eigenvalue weighted by molar-refractivity contribution is -0.128. The van der Waals surface area contributed by atoms with Gasteiger partial charge in [-0.2, -0.15) is 0 Å². The molecule has 17 heavy (non-hydrogen) atoms. The van der Waals surface area contributed by atoms with Gasteiger partial charge in [0, 0.05) is 0 Å². The second-order valence-electron chi connectivity index (χ2n) is 3.21. The Balaban J connectivity index is 0. The summed E-state index contributed by atoms with van der Waals surface area (Å²) in [4.78, 5) is 10.0. The van der Waals surface area contributed by atoms with Crippen molar-refractivity contribution in [1.29, 1.82) is 0 Å². The minimum absolute atomic E-state index is 0.129. The van der Waals surface area contributed by atoms with Crippen LogP contribution in [-0.2, 0) is 14.3 Å². The molecule has 0 heterocycles. The van der Waals surface area contributed by atoms with Crippen molar-refractivity contribution in [3.05, 3.63) is 35.8 Å². The van der Waals surface area contributed by atoms with Crippen LogP contribution in [0.25, 0.3) is 0 Å². The van der Waals surface area contributed by atoms with E-state index in [2.05, 4.69) is 18.2 Å². The Morgan fingerprint density at radius 3 is 2.24 bits per heavy atom. The average molecular weight is 240 g/mol. The summed E-state index contributed by atoms with van der Waals surface area (Å²) in [6.45, 7) is 14.0. The molecule has 0 amide bonds. The van der Waals surface area contributed by atoms with Gasteiger partial charge in [-0.25, -0.2) is 0 Å². The highest BCUT2D eigenvalue weighted by molar-refractivity contribution is 5.37. The molecule has 0 rings (SSSR count). The van der Waals surface area contributed by atoms with E-state index in [4.69, 9.17) is 4.74 Å². The Hall–Kier alpha value is -1.51. The van der Waals surface area contributed by atoms with E-state index in [-0.39, 0.29) is 6.61 Å². The average Bonchev–Trinajstić information content (AvgIpc) is 2.34. The molecular weight excluding hydrogens is 216 g/mol. The van der Waals surface area contributed by atoms with Crippen LogP contribution < -0.4 is 0 Å². The Kier molecular flexibility index (Phi) is 13.2. The highest BCUT2D eigenvalue weighted by Crippen LogP contribution is 2.07. The molecule has 0 aromatic rings. The van der Waals surface area contributed by atoms with Gasteiger partial charge in [-0.3, -0.25) is 4.79 Å². The van der Waals surface area contributed by atoms with E-state index in [1.807, 2.05) is 26.8 Å². The minimum Gasteiger partial charge on any atom is -0.463 e. The van der Waals surface area contributed by atoms with Crippen LogP contribution in [0.15, 0.2) is 35.8 Å². The predicted molar refractivity (Wildman–Crippen MR) is 71.4 cm³/mol. The van der Waals surface area contributed by atoms with Crippen LogP contribution in [0.1, 0.15) is 41.0 Å². The van der Waals surface area contributed by atoms with Crippen molar-refractivity contribution >= 4 is 6.47 Å². The van der Waals surface area contributed by atoms with Gasteiger partial charge in [-0.15, -0.1) is 0 Å². The van der Waals surface area contributed by atoms with Crippen LogP contribution in [0.4, 0.5) is 0 Å². The molecule has 0 atom stereocenters. The third kappa shape index (κ3) is 12.4. The SMILES string of the molecule is C=C(C)O/C(=C/C=C(/C)CC)COC=O.CC. The molecule has 0 aromatic carbocycles. The molecule has 0 spiro atoms. The normalized spacial score (nSPS) is 11.1. The maximum atomic E-state index is 10.0. The van der Waals surface area contributed by atoms with Crippen LogP contribution in [0.5, 0.6) is 0 Å². The largest absolute Gasteiger partial charge is 0.463 e. The van der Waals surface area contributed by atoms with Crippen LogP contribution in [0, 0.1) is 0 Å². The topological polar surface area (TPSA) is 35.5 Å². The first-order valence-corrected chi connectivity index (χ1v) is 5.85. The molecule has 0 saturated heterocycles. The van der Waals surface area contributed by atoms with Gasteiger partial charge < -0.3 is 9.47 Å². The van der Waals surface area contributed by atoms with E-state index in [0.717, 1.165) is 6.42 Å². The summed E-state index contributed by atoms with van der Waals surface area (Å²) >= 11 is 0. The molecule has 0 radical (unpaired) electrons. The number of rotatable bonds is 7. The lowest BCUT2D eigenvalue weighted by Gasteiger charge is -2.07. The van der Waals surface area contributed by atoms with Gasteiger partial charge >= 0.3 is 0 Å². The Morgan fingerprint density at radius 1 is 1.24 bits per heavy atom. The molecule has 0 aliphatic carbocycles. The first kappa shape index (κ1) is 17.9. The first-order chi connectivity index (χ1) is 8.10. The van der Waals surface area contributed by atoms with Gasteiger partial charge in [-0.05, 0) is 26.3 Å². The van der Waals surface area contributed by atoms with E-state index in [9.17, 15) is 4.79 Å². The summed E-state index contributed by atoms with van der Waals surface area (Å²) in [7, 11) is 0. The Labute approximate surface area is 105 Å². The fourth-order valence-electron chi connectivity index (χ4n) is 0.805. The lowest BCUT2D eigenvalue weighted by Crippen LogP contribution is -1.99. The Morgan fingerprint density at radius 2 is 1.82 bits per heavy atom. The van der Waals surface area contributed by atoms with Crippen molar-refractivity contribution in [3.8, 4) is 0 Å². The smallest absolute Gasteiger partial charge is 0.293 e. The third-order valence-corrected chi connectivity index (χ3v) is 1.71. The summed E-state index contributed by atoms with van der Waals surface area (Å²) in [6, 6.07) is 0. The predicted octanol–water partition coefficient (Wildman–Crippen LogP) is 3.98. The van der Waals surface area contributed by atoms with Gasteiger partial charge in [0.25, 0.3) is 6.47 Å². The van der Waals surface area contributed by atoms with E-state index in [0.29, 0.717) is 18.0 Å². The highest BCUT2D eigenvalue weighted by atomic mass is 16.5. The number of carbonyl (C=O) groups is 1. The third-order valence-electron chi connectivity index (χ3n) is 1.71. The quantitative estimate of drug-likeness (QED) is 0.383. The number of allylic oxidation sites excluding steroid dienone is 4. The van der Waals surface area contributed by atoms with Crippen molar-refractivity contribution in [3.63, 3.8) is 0 Å². The van der Waals surface area contributed by atoms with Crippen LogP contribution >= 0.6 is 0 Å². The Bertz CT molecular complexity index is 275. The van der Waals surface area contributed by atoms with E-state index in [1.54, 1.807) is 13.0 Å². The number of hydrogen-bond acceptors (Lipinski definition) is 3. The highest BCUT2D eigenvalue weighted by Gasteiger charge is 1.98. The zero-order valence-corrected chi connectivity index (χ0v) is 11.6. The van der Waals surface area contributed by atoms with Crippen molar-refractivity contribution in [2.75, 3.05) is 6.61 Å². The van der Waals surface area contributed by atoms with Crippen LogP contribution in [-0.4, -0.2) is 13.1 Å². The molecule has 0 bridgehead atoms. The molecular formula is C14H24O3. The molecule has 0 aromatic heterocycles. The monoisotopic (exact) mass is 240 g/mol. The van der Waals surface area contributed by atoms with Crippen molar-refractivity contribution < 1.29 is 14.3 Å². The van der Waals surface area contributed by atoms with Gasteiger partial charge in [0.15, 0.2) is 0 Å². The zero-order valence-electron chi connectivity index (χ0n) is 11.6. The maximum Gasteiger partial charge on any atom is 0.293 e. The summed E-state index contributed by atoms with van der Waals surface area (Å²) in [5.74, 6) is 1.14. The van der Waals surface area contributed by atoms with E-state index < -0.39 is 0 Å². The minimum atomic E-state index is 0.129. The number of ether oxygens (including phenoxy) is 2. The second kappa shape index (κ2) is 12.6. The van der Waals surface area contributed by atoms with Gasteiger partial charge in [-0.1, -0.05) is 39.0 Å². The first-order valence-electron chi connectivity index (χ1n) is 5.85. The maximum absolute atomic E-state index is 10.0. The molecule has 0 N–H and O–H groups in total. The van der Waals surface area contributed by atoms with Gasteiger partial charge in [0.2, 0.25) is 0 Å². The van der Waals surface area contributed by atoms with E-state index >= 15 is 0 Å². The van der Waals surface area contributed by atoms with Gasteiger partial charge in [0.05, 0.1) is 5.76 Å². The summed E-state index contributed by atoms with van der Waals surface area (Å²) in [5.41, 5.74) is 1.23. The molecule has 3 nitrogen and oxygen atoms in total. The fourth-order valence-corrected chi connectivity index (χ4v) is 0.805. The summed E-state index contributed by atoms with van der Waals surface area (Å²) in [5, 5.41) is 0. The molecule has 0 aliphatic heterocycles. The lowest BCUT2D eigenvalue weighted by atomic mass is 10.2.